The minimum Gasteiger partial charge on any atom is -0.370 e. The summed E-state index contributed by atoms with van der Waals surface area (Å²) < 4.78 is 15.1. The van der Waals surface area contributed by atoms with E-state index in [4.69, 9.17) is 5.73 Å². The van der Waals surface area contributed by atoms with Gasteiger partial charge in [-0.15, -0.1) is 34.2 Å². The van der Waals surface area contributed by atoms with Crippen molar-refractivity contribution in [2.24, 2.45) is 10.7 Å². The van der Waals surface area contributed by atoms with E-state index in [0.717, 1.165) is 56.2 Å². The number of aromatic nitrogens is 3. The molecule has 3 heterocycles. The first kappa shape index (κ1) is 21.3. The number of fused-ring (bicyclic) bond motifs is 1. The molecule has 1 saturated heterocycles. The number of benzene rings is 1. The third-order valence-corrected chi connectivity index (χ3v) is 5.01. The number of anilines is 1. The third-order valence-electron chi connectivity index (χ3n) is 5.01. The van der Waals surface area contributed by atoms with Crippen molar-refractivity contribution >= 4 is 41.3 Å². The highest BCUT2D eigenvalue weighted by Crippen LogP contribution is 2.16. The molecule has 1 aliphatic rings. The highest BCUT2D eigenvalue weighted by atomic mass is 127. The molecule has 7 nitrogen and oxygen atoms in total. The van der Waals surface area contributed by atoms with Crippen LogP contribution in [-0.4, -0.2) is 58.2 Å². The van der Waals surface area contributed by atoms with Crippen LogP contribution in [0.3, 0.4) is 0 Å². The standard InChI is InChI=1S/C20H24FN7.HI/c21-16-6-8-17(9-7-16)26-12-14-27(15-13-26)20(22)23-10-3-5-19-25-24-18-4-1-2-11-28(18)19;/h1-2,4,6-9,11H,3,5,10,12-15H2,(H2,22,23);1H. The molecule has 2 aromatic heterocycles. The molecular weight excluding hydrogens is 484 g/mol. The second-order valence-electron chi connectivity index (χ2n) is 6.84. The summed E-state index contributed by atoms with van der Waals surface area (Å²) in [6, 6.07) is 12.5. The van der Waals surface area contributed by atoms with E-state index in [-0.39, 0.29) is 29.8 Å². The molecule has 2 N–H and O–H groups in total. The van der Waals surface area contributed by atoms with Gasteiger partial charge in [-0.05, 0) is 42.8 Å². The van der Waals surface area contributed by atoms with Crippen LogP contribution in [0.15, 0.2) is 53.7 Å². The van der Waals surface area contributed by atoms with Crippen LogP contribution in [0.25, 0.3) is 5.65 Å². The van der Waals surface area contributed by atoms with Gasteiger partial charge in [-0.25, -0.2) is 4.39 Å². The van der Waals surface area contributed by atoms with Crippen molar-refractivity contribution in [3.63, 3.8) is 0 Å². The highest BCUT2D eigenvalue weighted by molar-refractivity contribution is 14.0. The van der Waals surface area contributed by atoms with E-state index >= 15 is 0 Å². The smallest absolute Gasteiger partial charge is 0.191 e. The zero-order valence-corrected chi connectivity index (χ0v) is 18.4. The number of guanidine groups is 1. The predicted molar refractivity (Wildman–Crippen MR) is 123 cm³/mol. The van der Waals surface area contributed by atoms with Crippen LogP contribution < -0.4 is 10.6 Å². The second-order valence-corrected chi connectivity index (χ2v) is 6.84. The van der Waals surface area contributed by atoms with Crippen LogP contribution in [0.2, 0.25) is 0 Å². The fourth-order valence-electron chi connectivity index (χ4n) is 3.44. The Morgan fingerprint density at radius 3 is 2.55 bits per heavy atom. The van der Waals surface area contributed by atoms with Crippen molar-refractivity contribution in [2.75, 3.05) is 37.6 Å². The van der Waals surface area contributed by atoms with Gasteiger partial charge in [0.15, 0.2) is 11.6 Å². The minimum atomic E-state index is -0.210. The van der Waals surface area contributed by atoms with E-state index in [1.165, 1.54) is 12.1 Å². The van der Waals surface area contributed by atoms with Crippen molar-refractivity contribution in [3.8, 4) is 0 Å². The fraction of sp³-hybridized carbons (Fsp3) is 0.350. The molecule has 0 saturated carbocycles. The Labute approximate surface area is 186 Å². The van der Waals surface area contributed by atoms with Crippen molar-refractivity contribution in [1.29, 1.82) is 0 Å². The predicted octanol–water partition coefficient (Wildman–Crippen LogP) is 2.56. The number of nitrogens with zero attached hydrogens (tertiary/aromatic N) is 6. The molecule has 9 heteroatoms. The molecule has 0 spiro atoms. The van der Waals surface area contributed by atoms with Crippen LogP contribution in [0.5, 0.6) is 0 Å². The second kappa shape index (κ2) is 9.86. The largest absolute Gasteiger partial charge is 0.370 e. The Morgan fingerprint density at radius 2 is 1.79 bits per heavy atom. The van der Waals surface area contributed by atoms with Gasteiger partial charge in [0.1, 0.15) is 11.6 Å². The number of hydrogen-bond acceptors (Lipinski definition) is 4. The number of rotatable bonds is 5. The number of pyridine rings is 1. The Balaban J connectivity index is 0.00000240. The number of aryl methyl sites for hydroxylation is 1. The molecule has 154 valence electrons. The van der Waals surface area contributed by atoms with Crippen LogP contribution in [0.1, 0.15) is 12.2 Å². The van der Waals surface area contributed by atoms with E-state index in [9.17, 15) is 4.39 Å². The van der Waals surface area contributed by atoms with Crippen LogP contribution in [0, 0.1) is 5.82 Å². The summed E-state index contributed by atoms with van der Waals surface area (Å²) in [5.41, 5.74) is 8.08. The number of aliphatic imine (C=N–C) groups is 1. The lowest BCUT2D eigenvalue weighted by atomic mass is 10.2. The van der Waals surface area contributed by atoms with Gasteiger partial charge in [0, 0.05) is 51.0 Å². The van der Waals surface area contributed by atoms with Gasteiger partial charge in [-0.1, -0.05) is 6.07 Å². The summed E-state index contributed by atoms with van der Waals surface area (Å²) in [6.07, 6.45) is 3.65. The summed E-state index contributed by atoms with van der Waals surface area (Å²) in [7, 11) is 0. The molecule has 0 atom stereocenters. The van der Waals surface area contributed by atoms with Gasteiger partial charge in [-0.2, -0.15) is 0 Å². The lowest BCUT2D eigenvalue weighted by molar-refractivity contribution is 0.380. The summed E-state index contributed by atoms with van der Waals surface area (Å²) >= 11 is 0. The van der Waals surface area contributed by atoms with E-state index in [2.05, 4.69) is 25.0 Å². The highest BCUT2D eigenvalue weighted by Gasteiger charge is 2.18. The number of hydrogen-bond donors (Lipinski definition) is 1. The van der Waals surface area contributed by atoms with Crippen molar-refractivity contribution in [1.82, 2.24) is 19.5 Å². The Hall–Kier alpha value is -2.43. The van der Waals surface area contributed by atoms with E-state index in [1.54, 1.807) is 0 Å². The molecule has 0 bridgehead atoms. The van der Waals surface area contributed by atoms with E-state index in [1.807, 2.05) is 40.9 Å². The Morgan fingerprint density at radius 1 is 1.03 bits per heavy atom. The maximum absolute atomic E-state index is 13.1. The number of piperazine rings is 1. The quantitative estimate of drug-likeness (QED) is 0.248. The minimum absolute atomic E-state index is 0. The van der Waals surface area contributed by atoms with Gasteiger partial charge >= 0.3 is 0 Å². The summed E-state index contributed by atoms with van der Waals surface area (Å²) in [5.74, 6) is 1.32. The molecular formula is C20H25FIN7. The normalized spacial score (nSPS) is 14.9. The number of nitrogens with two attached hydrogens (primary N) is 1. The van der Waals surface area contributed by atoms with Crippen molar-refractivity contribution < 1.29 is 4.39 Å². The monoisotopic (exact) mass is 509 g/mol. The lowest BCUT2D eigenvalue weighted by Gasteiger charge is -2.36. The first-order valence-corrected chi connectivity index (χ1v) is 9.55. The first-order valence-electron chi connectivity index (χ1n) is 9.55. The summed E-state index contributed by atoms with van der Waals surface area (Å²) in [6.45, 7) is 3.95. The van der Waals surface area contributed by atoms with Gasteiger partial charge < -0.3 is 15.5 Å². The summed E-state index contributed by atoms with van der Waals surface area (Å²) in [4.78, 5) is 8.87. The Kier molecular flexibility index (Phi) is 7.24. The molecule has 0 aliphatic carbocycles. The van der Waals surface area contributed by atoms with Gasteiger partial charge in [0.25, 0.3) is 0 Å². The lowest BCUT2D eigenvalue weighted by Crippen LogP contribution is -2.51. The fourth-order valence-corrected chi connectivity index (χ4v) is 3.44. The third kappa shape index (κ3) is 5.14. The average molecular weight is 509 g/mol. The van der Waals surface area contributed by atoms with Crippen LogP contribution in [0.4, 0.5) is 10.1 Å². The van der Waals surface area contributed by atoms with E-state index in [0.29, 0.717) is 12.5 Å². The van der Waals surface area contributed by atoms with Crippen molar-refractivity contribution in [2.45, 2.75) is 12.8 Å². The molecule has 29 heavy (non-hydrogen) atoms. The maximum atomic E-state index is 13.1. The molecule has 1 aromatic carbocycles. The molecule has 4 rings (SSSR count). The molecule has 3 aromatic rings. The Bertz CT molecular complexity index is 949. The van der Waals surface area contributed by atoms with Crippen molar-refractivity contribution in [3.05, 3.63) is 60.3 Å². The van der Waals surface area contributed by atoms with E-state index < -0.39 is 0 Å². The van der Waals surface area contributed by atoms with Crippen LogP contribution >= 0.6 is 24.0 Å². The molecule has 1 fully saturated rings. The first-order chi connectivity index (χ1) is 13.7. The zero-order valence-electron chi connectivity index (χ0n) is 16.1. The molecule has 1 aliphatic heterocycles. The molecule has 0 amide bonds. The molecule has 0 unspecified atom stereocenters. The summed E-state index contributed by atoms with van der Waals surface area (Å²) in [5, 5.41) is 8.40. The van der Waals surface area contributed by atoms with Crippen LogP contribution in [-0.2, 0) is 6.42 Å². The van der Waals surface area contributed by atoms with Gasteiger partial charge in [0.05, 0.1) is 0 Å². The topological polar surface area (TPSA) is 75.0 Å². The maximum Gasteiger partial charge on any atom is 0.191 e. The average Bonchev–Trinajstić information content (AvgIpc) is 3.15. The molecule has 0 radical (unpaired) electrons. The number of halogens is 2. The van der Waals surface area contributed by atoms with Gasteiger partial charge in [-0.3, -0.25) is 9.39 Å². The SMILES string of the molecule is I.NC(=NCCCc1nnc2ccccn12)N1CCN(c2ccc(F)cc2)CC1. The van der Waals surface area contributed by atoms with Gasteiger partial charge in [0.2, 0.25) is 0 Å². The zero-order chi connectivity index (χ0) is 19.3.